The summed E-state index contributed by atoms with van der Waals surface area (Å²) in [5, 5.41) is 0. The zero-order valence-corrected chi connectivity index (χ0v) is 7.05. The van der Waals surface area contributed by atoms with E-state index >= 15 is 0 Å². The Morgan fingerprint density at radius 3 is 3.00 bits per heavy atom. The molecule has 1 aliphatic carbocycles. The SMILES string of the molecule is CN1CC[C@H]2C(=O)CCC[C@H]21. The Morgan fingerprint density at radius 1 is 1.45 bits per heavy atom. The van der Waals surface area contributed by atoms with Crippen molar-refractivity contribution >= 4 is 5.78 Å². The van der Waals surface area contributed by atoms with Crippen molar-refractivity contribution in [1.82, 2.24) is 4.90 Å². The first-order chi connectivity index (χ1) is 5.29. The smallest absolute Gasteiger partial charge is 0.137 e. The first-order valence-corrected chi connectivity index (χ1v) is 4.52. The van der Waals surface area contributed by atoms with E-state index in [1.807, 2.05) is 0 Å². The van der Waals surface area contributed by atoms with Gasteiger partial charge in [0.2, 0.25) is 0 Å². The van der Waals surface area contributed by atoms with E-state index in [9.17, 15) is 4.79 Å². The summed E-state index contributed by atoms with van der Waals surface area (Å²) in [7, 11) is 2.14. The van der Waals surface area contributed by atoms with Crippen LogP contribution < -0.4 is 0 Å². The topological polar surface area (TPSA) is 20.3 Å². The van der Waals surface area contributed by atoms with Gasteiger partial charge < -0.3 is 4.90 Å². The number of rotatable bonds is 0. The number of hydrogen-bond donors (Lipinski definition) is 0. The molecule has 0 aromatic heterocycles. The molecule has 1 saturated carbocycles. The lowest BCUT2D eigenvalue weighted by molar-refractivity contribution is -0.125. The van der Waals surface area contributed by atoms with Crippen molar-refractivity contribution < 1.29 is 4.79 Å². The predicted octanol–water partition coefficient (Wildman–Crippen LogP) is 1.06. The van der Waals surface area contributed by atoms with E-state index in [0.29, 0.717) is 17.7 Å². The average Bonchev–Trinajstić information content (AvgIpc) is 2.35. The zero-order valence-electron chi connectivity index (χ0n) is 7.05. The van der Waals surface area contributed by atoms with Crippen molar-refractivity contribution in [3.05, 3.63) is 0 Å². The summed E-state index contributed by atoms with van der Waals surface area (Å²) in [6.07, 6.45) is 4.31. The Hall–Kier alpha value is -0.370. The van der Waals surface area contributed by atoms with Crippen LogP contribution in [0.2, 0.25) is 0 Å². The Kier molecular flexibility index (Phi) is 1.72. The molecule has 62 valence electrons. The molecule has 11 heavy (non-hydrogen) atoms. The van der Waals surface area contributed by atoms with Crippen molar-refractivity contribution in [2.75, 3.05) is 13.6 Å². The number of carbonyl (C=O) groups excluding carboxylic acids is 1. The van der Waals surface area contributed by atoms with Gasteiger partial charge in [-0.15, -0.1) is 0 Å². The molecule has 1 saturated heterocycles. The summed E-state index contributed by atoms with van der Waals surface area (Å²) >= 11 is 0. The van der Waals surface area contributed by atoms with Crippen LogP contribution in [0.1, 0.15) is 25.7 Å². The molecule has 2 nitrogen and oxygen atoms in total. The fraction of sp³-hybridized carbons (Fsp3) is 0.889. The highest BCUT2D eigenvalue weighted by Crippen LogP contribution is 2.32. The second kappa shape index (κ2) is 2.59. The number of carbonyl (C=O) groups is 1. The summed E-state index contributed by atoms with van der Waals surface area (Å²) < 4.78 is 0. The monoisotopic (exact) mass is 153 g/mol. The molecule has 0 amide bonds. The van der Waals surface area contributed by atoms with Gasteiger partial charge in [-0.25, -0.2) is 0 Å². The van der Waals surface area contributed by atoms with Crippen LogP contribution in [0.15, 0.2) is 0 Å². The molecular formula is C9H15NO. The summed E-state index contributed by atoms with van der Waals surface area (Å²) in [4.78, 5) is 13.7. The molecule has 0 N–H and O–H groups in total. The predicted molar refractivity (Wildman–Crippen MR) is 43.4 cm³/mol. The van der Waals surface area contributed by atoms with Gasteiger partial charge in [0.1, 0.15) is 5.78 Å². The molecule has 0 spiro atoms. The molecule has 0 aromatic carbocycles. The van der Waals surface area contributed by atoms with Crippen molar-refractivity contribution in [2.45, 2.75) is 31.7 Å². The van der Waals surface area contributed by atoms with Crippen LogP contribution in [0.25, 0.3) is 0 Å². The zero-order chi connectivity index (χ0) is 7.84. The van der Waals surface area contributed by atoms with Gasteiger partial charge in [-0.05, 0) is 32.9 Å². The van der Waals surface area contributed by atoms with Gasteiger partial charge in [0.25, 0.3) is 0 Å². The van der Waals surface area contributed by atoms with E-state index < -0.39 is 0 Å². The molecule has 0 aromatic rings. The summed E-state index contributed by atoms with van der Waals surface area (Å²) in [6.45, 7) is 1.13. The minimum atomic E-state index is 0.397. The van der Waals surface area contributed by atoms with Gasteiger partial charge in [-0.3, -0.25) is 4.79 Å². The van der Waals surface area contributed by atoms with Crippen LogP contribution in [0.4, 0.5) is 0 Å². The van der Waals surface area contributed by atoms with E-state index in [4.69, 9.17) is 0 Å². The lowest BCUT2D eigenvalue weighted by Gasteiger charge is -2.27. The van der Waals surface area contributed by atoms with Crippen LogP contribution in [0.3, 0.4) is 0 Å². The maximum Gasteiger partial charge on any atom is 0.137 e. The molecule has 1 aliphatic heterocycles. The normalized spacial score (nSPS) is 39.2. The molecule has 2 fully saturated rings. The number of Topliss-reactive ketones (excluding diaryl/α,β-unsaturated/α-hetero) is 1. The van der Waals surface area contributed by atoms with Crippen LogP contribution >= 0.6 is 0 Å². The summed E-state index contributed by atoms with van der Waals surface area (Å²) in [5.74, 6) is 0.916. The highest BCUT2D eigenvalue weighted by Gasteiger charge is 2.38. The second-order valence-electron chi connectivity index (χ2n) is 3.80. The maximum atomic E-state index is 11.4. The van der Waals surface area contributed by atoms with Gasteiger partial charge in [0.05, 0.1) is 0 Å². The van der Waals surface area contributed by atoms with Gasteiger partial charge in [0, 0.05) is 18.4 Å². The molecule has 2 atom stereocenters. The molecule has 2 rings (SSSR count). The lowest BCUT2D eigenvalue weighted by Crippen LogP contribution is -2.36. The third-order valence-electron chi connectivity index (χ3n) is 3.16. The van der Waals surface area contributed by atoms with Crippen molar-refractivity contribution in [1.29, 1.82) is 0 Å². The third kappa shape index (κ3) is 1.09. The maximum absolute atomic E-state index is 11.4. The standard InChI is InChI=1S/C9H15NO/c1-10-6-5-7-8(10)3-2-4-9(7)11/h7-8H,2-6H2,1H3/t7-,8-/m1/s1. The molecular weight excluding hydrogens is 138 g/mol. The summed E-state index contributed by atoms with van der Waals surface area (Å²) in [6, 6.07) is 0.594. The minimum Gasteiger partial charge on any atom is -0.303 e. The van der Waals surface area contributed by atoms with Crippen LogP contribution in [0.5, 0.6) is 0 Å². The summed E-state index contributed by atoms with van der Waals surface area (Å²) in [5.41, 5.74) is 0. The average molecular weight is 153 g/mol. The number of hydrogen-bond acceptors (Lipinski definition) is 2. The van der Waals surface area contributed by atoms with Crippen LogP contribution in [-0.4, -0.2) is 30.3 Å². The highest BCUT2D eigenvalue weighted by atomic mass is 16.1. The van der Waals surface area contributed by atoms with E-state index in [0.717, 1.165) is 25.8 Å². The number of ketones is 1. The lowest BCUT2D eigenvalue weighted by atomic mass is 9.84. The van der Waals surface area contributed by atoms with Gasteiger partial charge in [-0.1, -0.05) is 0 Å². The first-order valence-electron chi connectivity index (χ1n) is 4.52. The second-order valence-corrected chi connectivity index (χ2v) is 3.80. The van der Waals surface area contributed by atoms with Crippen LogP contribution in [0, 0.1) is 5.92 Å². The highest BCUT2D eigenvalue weighted by molar-refractivity contribution is 5.82. The number of likely N-dealkylation sites (tertiary alicyclic amines) is 1. The number of fused-ring (bicyclic) bond motifs is 1. The van der Waals surface area contributed by atoms with Crippen molar-refractivity contribution in [3.8, 4) is 0 Å². The molecule has 1 heterocycles. The Balaban J connectivity index is 2.13. The molecule has 2 aliphatic rings. The fourth-order valence-corrected chi connectivity index (χ4v) is 2.48. The van der Waals surface area contributed by atoms with E-state index in [-0.39, 0.29) is 0 Å². The van der Waals surface area contributed by atoms with Crippen molar-refractivity contribution in [3.63, 3.8) is 0 Å². The molecule has 2 heteroatoms. The largest absolute Gasteiger partial charge is 0.303 e. The Morgan fingerprint density at radius 2 is 2.27 bits per heavy atom. The first kappa shape index (κ1) is 7.29. The quantitative estimate of drug-likeness (QED) is 0.518. The molecule has 0 radical (unpaired) electrons. The van der Waals surface area contributed by atoms with E-state index in [1.165, 1.54) is 6.42 Å². The Bertz CT molecular complexity index is 178. The van der Waals surface area contributed by atoms with Crippen LogP contribution in [-0.2, 0) is 4.79 Å². The van der Waals surface area contributed by atoms with E-state index in [2.05, 4.69) is 11.9 Å². The van der Waals surface area contributed by atoms with Gasteiger partial charge >= 0.3 is 0 Å². The van der Waals surface area contributed by atoms with Crippen molar-refractivity contribution in [2.24, 2.45) is 5.92 Å². The molecule has 0 unspecified atom stereocenters. The molecule has 0 bridgehead atoms. The minimum absolute atomic E-state index is 0.397. The fourth-order valence-electron chi connectivity index (χ4n) is 2.48. The van der Waals surface area contributed by atoms with Gasteiger partial charge in [-0.2, -0.15) is 0 Å². The third-order valence-corrected chi connectivity index (χ3v) is 3.16. The van der Waals surface area contributed by atoms with E-state index in [1.54, 1.807) is 0 Å². The number of nitrogens with zero attached hydrogens (tertiary/aromatic N) is 1. The van der Waals surface area contributed by atoms with Gasteiger partial charge in [0.15, 0.2) is 0 Å². The Labute approximate surface area is 67.6 Å².